The van der Waals surface area contributed by atoms with Gasteiger partial charge in [-0.05, 0) is 41.9 Å². The van der Waals surface area contributed by atoms with Crippen molar-refractivity contribution in [1.29, 1.82) is 0 Å². The van der Waals surface area contributed by atoms with Crippen LogP contribution in [0.2, 0.25) is 0 Å². The van der Waals surface area contributed by atoms with E-state index in [1.807, 2.05) is 0 Å². The number of likely N-dealkylation sites (tertiary alicyclic amines) is 1. The molecule has 4 nitrogen and oxygen atoms in total. The van der Waals surface area contributed by atoms with E-state index in [-0.39, 0.29) is 5.41 Å². The summed E-state index contributed by atoms with van der Waals surface area (Å²) in [6.45, 7) is 5.91. The standard InChI is InChI=1S/C22H26N4/c1-22(19-11-6-12-20-21(19)24-25-23-20)17-9-5-10-18(22)15-26(14-17)13-16-7-3-2-4-8-16/h2-4,6-8,11-12,17-18H,5,9-10,13-15H2,1H3,(H,23,24,25). The molecular weight excluding hydrogens is 320 g/mol. The Morgan fingerprint density at radius 1 is 1.00 bits per heavy atom. The number of hydrogen-bond acceptors (Lipinski definition) is 3. The number of nitrogens with one attached hydrogen (secondary N) is 1. The highest BCUT2D eigenvalue weighted by atomic mass is 15.3. The lowest BCUT2D eigenvalue weighted by Gasteiger charge is -2.55. The summed E-state index contributed by atoms with van der Waals surface area (Å²) in [4.78, 5) is 2.68. The molecule has 1 saturated carbocycles. The van der Waals surface area contributed by atoms with Gasteiger partial charge >= 0.3 is 0 Å². The molecule has 2 bridgehead atoms. The van der Waals surface area contributed by atoms with Crippen molar-refractivity contribution in [2.24, 2.45) is 11.8 Å². The molecule has 0 spiro atoms. The molecule has 1 aliphatic carbocycles. The summed E-state index contributed by atoms with van der Waals surface area (Å²) < 4.78 is 0. The van der Waals surface area contributed by atoms with Crippen molar-refractivity contribution in [2.75, 3.05) is 13.1 Å². The molecule has 26 heavy (non-hydrogen) atoms. The van der Waals surface area contributed by atoms with Gasteiger partial charge in [0, 0.05) is 25.0 Å². The van der Waals surface area contributed by atoms with Gasteiger partial charge in [-0.25, -0.2) is 0 Å². The minimum atomic E-state index is 0.196. The van der Waals surface area contributed by atoms with Crippen LogP contribution in [-0.4, -0.2) is 33.4 Å². The number of piperidine rings is 1. The van der Waals surface area contributed by atoms with Crippen LogP contribution in [0.3, 0.4) is 0 Å². The number of H-pyrrole nitrogens is 1. The highest BCUT2D eigenvalue weighted by Gasteiger charge is 2.50. The molecule has 2 fully saturated rings. The molecule has 2 aromatic carbocycles. The van der Waals surface area contributed by atoms with Crippen molar-refractivity contribution in [3.05, 3.63) is 59.7 Å². The highest BCUT2D eigenvalue weighted by molar-refractivity contribution is 5.78. The predicted molar refractivity (Wildman–Crippen MR) is 104 cm³/mol. The first-order valence-corrected chi connectivity index (χ1v) is 9.81. The summed E-state index contributed by atoms with van der Waals surface area (Å²) in [5.41, 5.74) is 5.09. The van der Waals surface area contributed by atoms with Crippen LogP contribution in [0, 0.1) is 11.8 Å². The molecule has 0 amide bonds. The van der Waals surface area contributed by atoms with Gasteiger partial charge in [0.05, 0.1) is 0 Å². The zero-order valence-electron chi connectivity index (χ0n) is 15.4. The Kier molecular flexibility index (Phi) is 3.82. The van der Waals surface area contributed by atoms with Gasteiger partial charge < -0.3 is 0 Å². The van der Waals surface area contributed by atoms with Crippen LogP contribution in [0.25, 0.3) is 11.0 Å². The summed E-state index contributed by atoms with van der Waals surface area (Å²) in [7, 11) is 0. The Bertz CT molecular complexity index is 887. The van der Waals surface area contributed by atoms with Crippen LogP contribution in [0.15, 0.2) is 48.5 Å². The van der Waals surface area contributed by atoms with E-state index in [2.05, 4.69) is 75.8 Å². The fourth-order valence-electron chi connectivity index (χ4n) is 5.52. The molecule has 4 heteroatoms. The van der Waals surface area contributed by atoms with E-state index < -0.39 is 0 Å². The Hall–Kier alpha value is -2.20. The van der Waals surface area contributed by atoms with Crippen molar-refractivity contribution in [1.82, 2.24) is 20.3 Å². The molecule has 5 rings (SSSR count). The molecule has 1 aliphatic heterocycles. The number of fused-ring (bicyclic) bond motifs is 3. The van der Waals surface area contributed by atoms with Gasteiger partial charge in [0.2, 0.25) is 0 Å². The Morgan fingerprint density at radius 3 is 2.54 bits per heavy atom. The number of nitrogens with zero attached hydrogens (tertiary/aromatic N) is 3. The smallest absolute Gasteiger partial charge is 0.116 e. The largest absolute Gasteiger partial charge is 0.298 e. The second-order valence-electron chi connectivity index (χ2n) is 8.28. The Balaban J connectivity index is 1.48. The monoisotopic (exact) mass is 346 g/mol. The van der Waals surface area contributed by atoms with E-state index in [1.165, 1.54) is 43.5 Å². The normalized spacial score (nSPS) is 29.1. The number of aromatic nitrogens is 3. The third-order valence-electron chi connectivity index (χ3n) is 6.93. The molecule has 2 unspecified atom stereocenters. The summed E-state index contributed by atoms with van der Waals surface area (Å²) in [6, 6.07) is 17.4. The molecule has 1 aromatic heterocycles. The van der Waals surface area contributed by atoms with E-state index in [0.29, 0.717) is 11.8 Å². The van der Waals surface area contributed by atoms with Crippen LogP contribution in [0.5, 0.6) is 0 Å². The molecular formula is C22H26N4. The van der Waals surface area contributed by atoms with Gasteiger partial charge in [-0.2, -0.15) is 15.4 Å². The SMILES string of the molecule is CC1(c2cccc3n[nH]nc23)C2CCCC1CN(Cc1ccccc1)C2. The summed E-state index contributed by atoms with van der Waals surface area (Å²) in [5.74, 6) is 1.36. The molecule has 134 valence electrons. The maximum atomic E-state index is 4.50. The number of rotatable bonds is 3. The zero-order valence-corrected chi connectivity index (χ0v) is 15.4. The first kappa shape index (κ1) is 16.0. The topological polar surface area (TPSA) is 44.8 Å². The first-order chi connectivity index (χ1) is 12.7. The minimum Gasteiger partial charge on any atom is -0.298 e. The van der Waals surface area contributed by atoms with E-state index in [1.54, 1.807) is 0 Å². The van der Waals surface area contributed by atoms with E-state index in [9.17, 15) is 0 Å². The zero-order chi connectivity index (χ0) is 17.6. The Morgan fingerprint density at radius 2 is 1.77 bits per heavy atom. The van der Waals surface area contributed by atoms with E-state index >= 15 is 0 Å². The minimum absolute atomic E-state index is 0.196. The highest BCUT2D eigenvalue weighted by Crippen LogP contribution is 2.52. The molecule has 0 radical (unpaired) electrons. The van der Waals surface area contributed by atoms with Crippen LogP contribution in [0.4, 0.5) is 0 Å². The van der Waals surface area contributed by atoms with Crippen molar-refractivity contribution in [3.63, 3.8) is 0 Å². The molecule has 3 aromatic rings. The maximum Gasteiger partial charge on any atom is 0.116 e. The van der Waals surface area contributed by atoms with Crippen LogP contribution in [0.1, 0.15) is 37.3 Å². The summed E-state index contributed by atoms with van der Waals surface area (Å²) in [6.07, 6.45) is 3.98. The Labute approximate surface area is 154 Å². The number of hydrogen-bond donors (Lipinski definition) is 1. The van der Waals surface area contributed by atoms with Crippen molar-refractivity contribution >= 4 is 11.0 Å². The lowest BCUT2D eigenvalue weighted by Crippen LogP contribution is -2.56. The molecule has 2 atom stereocenters. The van der Waals surface area contributed by atoms with Crippen LogP contribution in [-0.2, 0) is 12.0 Å². The van der Waals surface area contributed by atoms with Gasteiger partial charge in [-0.15, -0.1) is 0 Å². The second kappa shape index (κ2) is 6.20. The number of aromatic amines is 1. The maximum absolute atomic E-state index is 4.50. The third-order valence-corrected chi connectivity index (χ3v) is 6.93. The molecule has 2 heterocycles. The summed E-state index contributed by atoms with van der Waals surface area (Å²) in [5, 5.41) is 11.7. The van der Waals surface area contributed by atoms with Crippen LogP contribution < -0.4 is 0 Å². The molecule has 2 aliphatic rings. The number of benzene rings is 2. The molecule has 1 saturated heterocycles. The van der Waals surface area contributed by atoms with E-state index in [0.717, 1.165) is 17.6 Å². The lowest BCUT2D eigenvalue weighted by atomic mass is 9.55. The fraction of sp³-hybridized carbons (Fsp3) is 0.455. The summed E-state index contributed by atoms with van der Waals surface area (Å²) >= 11 is 0. The van der Waals surface area contributed by atoms with Gasteiger partial charge in [0.15, 0.2) is 0 Å². The second-order valence-corrected chi connectivity index (χ2v) is 8.28. The van der Waals surface area contributed by atoms with Crippen LogP contribution >= 0.6 is 0 Å². The van der Waals surface area contributed by atoms with Gasteiger partial charge in [0.1, 0.15) is 11.0 Å². The quantitative estimate of drug-likeness (QED) is 0.775. The molecule has 1 N–H and O–H groups in total. The van der Waals surface area contributed by atoms with Gasteiger partial charge in [-0.3, -0.25) is 4.90 Å². The predicted octanol–water partition coefficient (Wildman–Crippen LogP) is 4.15. The average Bonchev–Trinajstić information content (AvgIpc) is 3.12. The van der Waals surface area contributed by atoms with Gasteiger partial charge in [0.25, 0.3) is 0 Å². The van der Waals surface area contributed by atoms with Crippen molar-refractivity contribution < 1.29 is 0 Å². The van der Waals surface area contributed by atoms with Crippen molar-refractivity contribution in [3.8, 4) is 0 Å². The van der Waals surface area contributed by atoms with Gasteiger partial charge in [-0.1, -0.05) is 55.8 Å². The van der Waals surface area contributed by atoms with E-state index in [4.69, 9.17) is 0 Å². The average molecular weight is 346 g/mol. The third kappa shape index (κ3) is 2.47. The lowest BCUT2D eigenvalue weighted by molar-refractivity contribution is 0.00133. The fourth-order valence-corrected chi connectivity index (χ4v) is 5.52. The van der Waals surface area contributed by atoms with Crippen molar-refractivity contribution in [2.45, 2.75) is 38.1 Å². The first-order valence-electron chi connectivity index (χ1n) is 9.81. The number of para-hydroxylation sites is 1.